The molecule has 1 aliphatic rings. The summed E-state index contributed by atoms with van der Waals surface area (Å²) in [6.45, 7) is 2.75. The van der Waals surface area contributed by atoms with Gasteiger partial charge in [-0.1, -0.05) is 18.2 Å². The molecule has 1 aliphatic heterocycles. The Labute approximate surface area is 146 Å². The van der Waals surface area contributed by atoms with Crippen molar-refractivity contribution in [2.75, 3.05) is 29.9 Å². The van der Waals surface area contributed by atoms with Gasteiger partial charge in [-0.3, -0.25) is 4.79 Å². The summed E-state index contributed by atoms with van der Waals surface area (Å²) in [5.74, 6) is 1.43. The van der Waals surface area contributed by atoms with Gasteiger partial charge in [0.05, 0.1) is 17.4 Å². The average Bonchev–Trinajstić information content (AvgIpc) is 3.11. The van der Waals surface area contributed by atoms with Crippen LogP contribution in [0.2, 0.25) is 0 Å². The van der Waals surface area contributed by atoms with E-state index in [0.29, 0.717) is 5.92 Å². The highest BCUT2D eigenvalue weighted by molar-refractivity contribution is 5.80. The third-order valence-corrected chi connectivity index (χ3v) is 4.77. The van der Waals surface area contributed by atoms with Gasteiger partial charge in [0, 0.05) is 38.1 Å². The third-order valence-electron chi connectivity index (χ3n) is 4.77. The summed E-state index contributed by atoms with van der Waals surface area (Å²) in [6.07, 6.45) is 2.86. The number of fused-ring (bicyclic) bond motifs is 1. The van der Waals surface area contributed by atoms with Crippen LogP contribution in [0.3, 0.4) is 0 Å². The normalized spacial score (nSPS) is 17.2. The second-order valence-corrected chi connectivity index (χ2v) is 6.55. The monoisotopic (exact) mass is 335 g/mol. The first-order valence-electron chi connectivity index (χ1n) is 8.57. The number of anilines is 2. The molecule has 1 atom stereocenters. The standard InChI is InChI=1S/C19H21N5O/c1-23-19(25)10-16(12-21-23)24-9-8-14(13-24)11-20-18-7-6-15-4-2-3-5-17(15)22-18/h2-7,10,12,14H,8-9,11,13H2,1H3,(H,20,22)/t14-/m0/s1. The van der Waals surface area contributed by atoms with Crippen LogP contribution < -0.4 is 15.8 Å². The Morgan fingerprint density at radius 2 is 2.12 bits per heavy atom. The zero-order valence-corrected chi connectivity index (χ0v) is 14.2. The van der Waals surface area contributed by atoms with Crippen molar-refractivity contribution in [1.29, 1.82) is 0 Å². The molecular formula is C19H21N5O. The lowest BCUT2D eigenvalue weighted by Gasteiger charge is -2.18. The third kappa shape index (κ3) is 3.33. The second-order valence-electron chi connectivity index (χ2n) is 6.55. The summed E-state index contributed by atoms with van der Waals surface area (Å²) in [4.78, 5) is 18.6. The fourth-order valence-corrected chi connectivity index (χ4v) is 3.28. The summed E-state index contributed by atoms with van der Waals surface area (Å²) in [5.41, 5.74) is 1.85. The van der Waals surface area contributed by atoms with Crippen molar-refractivity contribution in [3.63, 3.8) is 0 Å². The van der Waals surface area contributed by atoms with Gasteiger partial charge in [0.15, 0.2) is 0 Å². The first-order chi connectivity index (χ1) is 12.2. The molecule has 0 unspecified atom stereocenters. The molecule has 6 nitrogen and oxygen atoms in total. The van der Waals surface area contributed by atoms with E-state index in [1.165, 1.54) is 4.68 Å². The minimum absolute atomic E-state index is 0.0700. The molecule has 0 bridgehead atoms. The largest absolute Gasteiger partial charge is 0.370 e. The summed E-state index contributed by atoms with van der Waals surface area (Å²) in [7, 11) is 1.67. The Bertz CT molecular complexity index is 952. The molecule has 0 aliphatic carbocycles. The maximum absolute atomic E-state index is 11.7. The second kappa shape index (κ2) is 6.55. The van der Waals surface area contributed by atoms with Crippen LogP contribution in [0.25, 0.3) is 10.9 Å². The SMILES string of the molecule is Cn1ncc(N2CC[C@@H](CNc3ccc4ccccc4n3)C2)cc1=O. The summed E-state index contributed by atoms with van der Waals surface area (Å²) in [6, 6.07) is 13.9. The molecule has 2 aromatic heterocycles. The number of rotatable bonds is 4. The first kappa shape index (κ1) is 15.6. The van der Waals surface area contributed by atoms with Crippen molar-refractivity contribution in [2.45, 2.75) is 6.42 Å². The topological polar surface area (TPSA) is 63.1 Å². The number of nitrogens with one attached hydrogen (secondary N) is 1. The van der Waals surface area contributed by atoms with Crippen LogP contribution in [0.5, 0.6) is 0 Å². The molecule has 4 rings (SSSR count). The maximum atomic E-state index is 11.7. The molecule has 0 saturated carbocycles. The van der Waals surface area contributed by atoms with Gasteiger partial charge in [-0.25, -0.2) is 9.67 Å². The van der Waals surface area contributed by atoms with E-state index < -0.39 is 0 Å². The predicted octanol–water partition coefficient (Wildman–Crippen LogP) is 2.27. The molecule has 3 heterocycles. The van der Waals surface area contributed by atoms with Gasteiger partial charge in [-0.05, 0) is 30.5 Å². The van der Waals surface area contributed by atoms with Crippen LogP contribution in [-0.4, -0.2) is 34.4 Å². The molecule has 6 heteroatoms. The van der Waals surface area contributed by atoms with Gasteiger partial charge in [-0.15, -0.1) is 0 Å². The number of hydrogen-bond acceptors (Lipinski definition) is 5. The summed E-state index contributed by atoms with van der Waals surface area (Å²) < 4.78 is 1.35. The molecule has 1 N–H and O–H groups in total. The van der Waals surface area contributed by atoms with Crippen LogP contribution in [0.4, 0.5) is 11.5 Å². The van der Waals surface area contributed by atoms with E-state index in [1.807, 2.05) is 24.3 Å². The van der Waals surface area contributed by atoms with Crippen molar-refractivity contribution < 1.29 is 0 Å². The Morgan fingerprint density at radius 1 is 1.24 bits per heavy atom. The number of pyridine rings is 1. The number of hydrogen-bond donors (Lipinski definition) is 1. The lowest BCUT2D eigenvalue weighted by Crippen LogP contribution is -2.26. The van der Waals surface area contributed by atoms with E-state index in [9.17, 15) is 4.79 Å². The molecule has 0 radical (unpaired) electrons. The van der Waals surface area contributed by atoms with Crippen molar-refractivity contribution in [3.05, 3.63) is 59.0 Å². The molecule has 3 aromatic rings. The minimum Gasteiger partial charge on any atom is -0.370 e. The molecule has 1 saturated heterocycles. The van der Waals surface area contributed by atoms with Gasteiger partial charge in [0.2, 0.25) is 0 Å². The van der Waals surface area contributed by atoms with E-state index >= 15 is 0 Å². The molecular weight excluding hydrogens is 314 g/mol. The Kier molecular flexibility index (Phi) is 4.09. The molecule has 25 heavy (non-hydrogen) atoms. The van der Waals surface area contributed by atoms with Crippen LogP contribution in [0, 0.1) is 5.92 Å². The van der Waals surface area contributed by atoms with E-state index in [0.717, 1.165) is 48.5 Å². The molecule has 0 spiro atoms. The number of aryl methyl sites for hydroxylation is 1. The lowest BCUT2D eigenvalue weighted by molar-refractivity contribution is 0.621. The van der Waals surface area contributed by atoms with Crippen LogP contribution in [-0.2, 0) is 7.05 Å². The van der Waals surface area contributed by atoms with Gasteiger partial charge in [-0.2, -0.15) is 5.10 Å². The summed E-state index contributed by atoms with van der Waals surface area (Å²) >= 11 is 0. The number of aromatic nitrogens is 3. The first-order valence-corrected chi connectivity index (χ1v) is 8.57. The van der Waals surface area contributed by atoms with Crippen LogP contribution in [0.1, 0.15) is 6.42 Å². The molecule has 0 amide bonds. The van der Waals surface area contributed by atoms with Gasteiger partial charge in [0.1, 0.15) is 5.82 Å². The summed E-state index contributed by atoms with van der Waals surface area (Å²) in [5, 5.41) is 8.71. The fraction of sp³-hybridized carbons (Fsp3) is 0.316. The van der Waals surface area contributed by atoms with Crippen molar-refractivity contribution in [2.24, 2.45) is 13.0 Å². The highest BCUT2D eigenvalue weighted by Gasteiger charge is 2.23. The molecule has 1 aromatic carbocycles. The van der Waals surface area contributed by atoms with Gasteiger partial charge in [0.25, 0.3) is 5.56 Å². The Morgan fingerprint density at radius 3 is 3.00 bits per heavy atom. The zero-order valence-electron chi connectivity index (χ0n) is 14.2. The van der Waals surface area contributed by atoms with E-state index in [1.54, 1.807) is 19.3 Å². The fourth-order valence-electron chi connectivity index (χ4n) is 3.28. The van der Waals surface area contributed by atoms with E-state index in [4.69, 9.17) is 0 Å². The van der Waals surface area contributed by atoms with Crippen molar-refractivity contribution >= 4 is 22.4 Å². The van der Waals surface area contributed by atoms with Crippen LogP contribution >= 0.6 is 0 Å². The lowest BCUT2D eigenvalue weighted by atomic mass is 10.1. The molecule has 128 valence electrons. The minimum atomic E-state index is -0.0700. The Hall–Kier alpha value is -2.89. The smallest absolute Gasteiger partial charge is 0.268 e. The number of benzene rings is 1. The van der Waals surface area contributed by atoms with Crippen LogP contribution in [0.15, 0.2) is 53.5 Å². The average molecular weight is 335 g/mol. The Balaban J connectivity index is 1.38. The van der Waals surface area contributed by atoms with E-state index in [2.05, 4.69) is 32.4 Å². The van der Waals surface area contributed by atoms with E-state index in [-0.39, 0.29) is 5.56 Å². The highest BCUT2D eigenvalue weighted by atomic mass is 16.1. The number of nitrogens with zero attached hydrogens (tertiary/aromatic N) is 4. The number of para-hydroxylation sites is 1. The highest BCUT2D eigenvalue weighted by Crippen LogP contribution is 2.23. The van der Waals surface area contributed by atoms with Gasteiger partial charge < -0.3 is 10.2 Å². The maximum Gasteiger partial charge on any atom is 0.268 e. The molecule has 1 fully saturated rings. The van der Waals surface area contributed by atoms with Crippen molar-refractivity contribution in [3.8, 4) is 0 Å². The predicted molar refractivity (Wildman–Crippen MR) is 100 cm³/mol. The van der Waals surface area contributed by atoms with Crippen molar-refractivity contribution in [1.82, 2.24) is 14.8 Å². The zero-order chi connectivity index (χ0) is 17.2. The van der Waals surface area contributed by atoms with Gasteiger partial charge >= 0.3 is 0 Å². The quantitative estimate of drug-likeness (QED) is 0.792.